The molecule has 0 saturated carbocycles. The lowest BCUT2D eigenvalue weighted by molar-refractivity contribution is 0.0698. The molecule has 1 heterocycles. The summed E-state index contributed by atoms with van der Waals surface area (Å²) >= 11 is 0. The standard InChI is InChI=1S/C15H15N3O3/c1-18(10-11-5-4-8-16-9-11)15(21)17-13-7-3-2-6-12(13)14(19)20/h2-9H,10H2,1H3,(H,17,21)(H,19,20). The monoisotopic (exact) mass is 285 g/mol. The molecule has 0 aliphatic heterocycles. The highest BCUT2D eigenvalue weighted by Gasteiger charge is 2.14. The van der Waals surface area contributed by atoms with Crippen LogP contribution in [0.5, 0.6) is 0 Å². The Morgan fingerprint density at radius 3 is 2.67 bits per heavy atom. The normalized spacial score (nSPS) is 9.95. The Hall–Kier alpha value is -2.89. The second-order valence-electron chi connectivity index (χ2n) is 4.50. The van der Waals surface area contributed by atoms with Crippen LogP contribution in [0, 0.1) is 0 Å². The number of carboxylic acid groups (broad SMARTS) is 1. The number of hydrogen-bond donors (Lipinski definition) is 2. The van der Waals surface area contributed by atoms with Gasteiger partial charge in [0.05, 0.1) is 11.3 Å². The van der Waals surface area contributed by atoms with Crippen LogP contribution >= 0.6 is 0 Å². The van der Waals surface area contributed by atoms with E-state index in [1.54, 1.807) is 43.7 Å². The zero-order valence-electron chi connectivity index (χ0n) is 11.5. The number of carbonyl (C=O) groups excluding carboxylic acids is 1. The molecule has 108 valence electrons. The number of anilines is 1. The van der Waals surface area contributed by atoms with Crippen molar-refractivity contribution in [2.45, 2.75) is 6.54 Å². The number of nitrogens with one attached hydrogen (secondary N) is 1. The molecular formula is C15H15N3O3. The summed E-state index contributed by atoms with van der Waals surface area (Å²) in [5, 5.41) is 11.7. The van der Waals surface area contributed by atoms with Gasteiger partial charge in [-0.2, -0.15) is 0 Å². The third-order valence-corrected chi connectivity index (χ3v) is 2.89. The van der Waals surface area contributed by atoms with Crippen molar-refractivity contribution in [2.24, 2.45) is 0 Å². The number of urea groups is 1. The number of hydrogen-bond acceptors (Lipinski definition) is 3. The number of carboxylic acids is 1. The number of benzene rings is 1. The predicted molar refractivity (Wildman–Crippen MR) is 78.1 cm³/mol. The molecule has 2 rings (SSSR count). The molecule has 6 heteroatoms. The van der Waals surface area contributed by atoms with Gasteiger partial charge < -0.3 is 15.3 Å². The lowest BCUT2D eigenvalue weighted by Gasteiger charge is -2.18. The number of pyridine rings is 1. The van der Waals surface area contributed by atoms with Gasteiger partial charge in [0.2, 0.25) is 0 Å². The molecule has 0 fully saturated rings. The van der Waals surface area contributed by atoms with Crippen molar-refractivity contribution in [2.75, 3.05) is 12.4 Å². The number of amides is 2. The van der Waals surface area contributed by atoms with Gasteiger partial charge in [-0.1, -0.05) is 18.2 Å². The number of aromatic carboxylic acids is 1. The lowest BCUT2D eigenvalue weighted by atomic mass is 10.2. The summed E-state index contributed by atoms with van der Waals surface area (Å²) in [4.78, 5) is 28.6. The van der Waals surface area contributed by atoms with Crippen LogP contribution in [0.2, 0.25) is 0 Å². The molecule has 0 aliphatic carbocycles. The first kappa shape index (κ1) is 14.5. The summed E-state index contributed by atoms with van der Waals surface area (Å²) in [5.41, 5.74) is 1.22. The Bertz CT molecular complexity index is 644. The first-order chi connectivity index (χ1) is 10.1. The van der Waals surface area contributed by atoms with Crippen LogP contribution in [0.25, 0.3) is 0 Å². The van der Waals surface area contributed by atoms with E-state index in [0.29, 0.717) is 6.54 Å². The van der Waals surface area contributed by atoms with E-state index >= 15 is 0 Å². The second-order valence-corrected chi connectivity index (χ2v) is 4.50. The third kappa shape index (κ3) is 3.79. The van der Waals surface area contributed by atoms with Crippen LogP contribution in [-0.2, 0) is 6.54 Å². The van der Waals surface area contributed by atoms with Gasteiger partial charge in [-0.15, -0.1) is 0 Å². The average molecular weight is 285 g/mol. The van der Waals surface area contributed by atoms with Gasteiger partial charge in [0.1, 0.15) is 0 Å². The minimum absolute atomic E-state index is 0.0561. The fourth-order valence-corrected chi connectivity index (χ4v) is 1.83. The largest absolute Gasteiger partial charge is 0.478 e. The Morgan fingerprint density at radius 1 is 1.24 bits per heavy atom. The van der Waals surface area contributed by atoms with E-state index in [1.165, 1.54) is 11.0 Å². The fourth-order valence-electron chi connectivity index (χ4n) is 1.83. The van der Waals surface area contributed by atoms with E-state index in [9.17, 15) is 9.59 Å². The summed E-state index contributed by atoms with van der Waals surface area (Å²) in [6.07, 6.45) is 3.33. The van der Waals surface area contributed by atoms with Crippen LogP contribution < -0.4 is 5.32 Å². The van der Waals surface area contributed by atoms with E-state index < -0.39 is 5.97 Å². The summed E-state index contributed by atoms with van der Waals surface area (Å²) in [6.45, 7) is 0.384. The van der Waals surface area contributed by atoms with Crippen molar-refractivity contribution in [3.8, 4) is 0 Å². The van der Waals surface area contributed by atoms with E-state index in [2.05, 4.69) is 10.3 Å². The Balaban J connectivity index is 2.06. The quantitative estimate of drug-likeness (QED) is 0.904. The first-order valence-corrected chi connectivity index (χ1v) is 6.31. The number of nitrogens with zero attached hydrogens (tertiary/aromatic N) is 2. The van der Waals surface area contributed by atoms with Crippen LogP contribution in [0.1, 0.15) is 15.9 Å². The van der Waals surface area contributed by atoms with Gasteiger partial charge in [0.15, 0.2) is 0 Å². The van der Waals surface area contributed by atoms with Gasteiger partial charge >= 0.3 is 12.0 Å². The molecule has 0 unspecified atom stereocenters. The van der Waals surface area contributed by atoms with Crippen molar-refractivity contribution in [1.82, 2.24) is 9.88 Å². The van der Waals surface area contributed by atoms with Crippen molar-refractivity contribution in [1.29, 1.82) is 0 Å². The molecule has 1 aromatic heterocycles. The highest BCUT2D eigenvalue weighted by molar-refractivity contribution is 5.99. The van der Waals surface area contributed by atoms with Gasteiger partial charge in [-0.05, 0) is 23.8 Å². The number of carbonyl (C=O) groups is 2. The smallest absolute Gasteiger partial charge is 0.337 e. The highest BCUT2D eigenvalue weighted by atomic mass is 16.4. The Labute approximate surface area is 122 Å². The van der Waals surface area contributed by atoms with Crippen molar-refractivity contribution in [3.63, 3.8) is 0 Å². The molecular weight excluding hydrogens is 270 g/mol. The SMILES string of the molecule is CN(Cc1cccnc1)C(=O)Nc1ccccc1C(=O)O. The first-order valence-electron chi connectivity index (χ1n) is 6.31. The number of aromatic nitrogens is 1. The van der Waals surface area contributed by atoms with Crippen LogP contribution in [-0.4, -0.2) is 34.0 Å². The zero-order valence-corrected chi connectivity index (χ0v) is 11.5. The molecule has 2 aromatic rings. The van der Waals surface area contributed by atoms with Gasteiger partial charge in [0, 0.05) is 26.0 Å². The summed E-state index contributed by atoms with van der Waals surface area (Å²) in [5.74, 6) is -1.08. The minimum atomic E-state index is -1.08. The molecule has 1 aromatic carbocycles. The van der Waals surface area contributed by atoms with Crippen molar-refractivity contribution < 1.29 is 14.7 Å². The molecule has 0 radical (unpaired) electrons. The Morgan fingerprint density at radius 2 is 2.00 bits per heavy atom. The van der Waals surface area contributed by atoms with E-state index in [4.69, 9.17) is 5.11 Å². The van der Waals surface area contributed by atoms with Gasteiger partial charge in [0.25, 0.3) is 0 Å². The van der Waals surface area contributed by atoms with E-state index in [-0.39, 0.29) is 17.3 Å². The Kier molecular flexibility index (Phi) is 4.50. The molecule has 2 amide bonds. The molecule has 21 heavy (non-hydrogen) atoms. The van der Waals surface area contributed by atoms with E-state index in [1.807, 2.05) is 6.07 Å². The highest BCUT2D eigenvalue weighted by Crippen LogP contribution is 2.15. The molecule has 0 aliphatic rings. The van der Waals surface area contributed by atoms with Crippen LogP contribution in [0.4, 0.5) is 10.5 Å². The maximum atomic E-state index is 12.1. The van der Waals surface area contributed by atoms with Gasteiger partial charge in [-0.25, -0.2) is 9.59 Å². The molecule has 0 spiro atoms. The minimum Gasteiger partial charge on any atom is -0.478 e. The summed E-state index contributed by atoms with van der Waals surface area (Å²) < 4.78 is 0. The number of rotatable bonds is 4. The summed E-state index contributed by atoms with van der Waals surface area (Å²) in [6, 6.07) is 9.55. The second kappa shape index (κ2) is 6.51. The molecule has 6 nitrogen and oxygen atoms in total. The molecule has 0 saturated heterocycles. The van der Waals surface area contributed by atoms with Crippen LogP contribution in [0.15, 0.2) is 48.8 Å². The summed E-state index contributed by atoms with van der Waals surface area (Å²) in [7, 11) is 1.63. The van der Waals surface area contributed by atoms with Crippen LogP contribution in [0.3, 0.4) is 0 Å². The third-order valence-electron chi connectivity index (χ3n) is 2.89. The van der Waals surface area contributed by atoms with Crippen molar-refractivity contribution >= 4 is 17.7 Å². The topological polar surface area (TPSA) is 82.5 Å². The predicted octanol–water partition coefficient (Wildman–Crippen LogP) is 2.44. The zero-order chi connectivity index (χ0) is 15.2. The number of para-hydroxylation sites is 1. The molecule has 0 bridgehead atoms. The van der Waals surface area contributed by atoms with Crippen molar-refractivity contribution in [3.05, 3.63) is 59.9 Å². The van der Waals surface area contributed by atoms with E-state index in [0.717, 1.165) is 5.56 Å². The molecule has 0 atom stereocenters. The maximum absolute atomic E-state index is 12.1. The molecule has 2 N–H and O–H groups in total. The van der Waals surface area contributed by atoms with Gasteiger partial charge in [-0.3, -0.25) is 4.98 Å². The average Bonchev–Trinajstić information content (AvgIpc) is 2.48. The lowest BCUT2D eigenvalue weighted by Crippen LogP contribution is -2.31. The fraction of sp³-hybridized carbons (Fsp3) is 0.133. The maximum Gasteiger partial charge on any atom is 0.337 e.